The predicted octanol–water partition coefficient (Wildman–Crippen LogP) is 3.67. The molecule has 5 heteroatoms. The summed E-state index contributed by atoms with van der Waals surface area (Å²) in [6.45, 7) is 4.01. The normalized spacial score (nSPS) is 16.0. The molecule has 0 aliphatic carbocycles. The molecule has 1 aromatic carbocycles. The molecule has 0 atom stereocenters. The molecule has 3 rings (SSSR count). The van der Waals surface area contributed by atoms with Crippen LogP contribution in [-0.4, -0.2) is 30.6 Å². The average Bonchev–Trinajstić information content (AvgIpc) is 2.54. The molecule has 0 radical (unpaired) electrons. The molecule has 1 fully saturated rings. The van der Waals surface area contributed by atoms with Gasteiger partial charge >= 0.3 is 5.97 Å². The molecule has 1 aromatic heterocycles. The Morgan fingerprint density at radius 2 is 2.14 bits per heavy atom. The standard InChI is InChI=1S/C17H19ClN2O2/c1-2-22-17(21)12-6-9-20(10-7-12)16-5-8-19-15-11-13(18)3-4-14(15)16/h3-5,8,11-12H,2,6-7,9-10H2,1H3. The van der Waals surface area contributed by atoms with Gasteiger partial charge < -0.3 is 9.64 Å². The number of rotatable bonds is 3. The number of fused-ring (bicyclic) bond motifs is 1. The molecule has 0 unspecified atom stereocenters. The molecule has 1 aliphatic heterocycles. The van der Waals surface area contributed by atoms with Gasteiger partial charge in [-0.15, -0.1) is 0 Å². The van der Waals surface area contributed by atoms with E-state index < -0.39 is 0 Å². The summed E-state index contributed by atoms with van der Waals surface area (Å²) in [5.41, 5.74) is 2.06. The summed E-state index contributed by atoms with van der Waals surface area (Å²) in [6, 6.07) is 7.81. The SMILES string of the molecule is CCOC(=O)C1CCN(c2ccnc3cc(Cl)ccc23)CC1. The third kappa shape index (κ3) is 3.02. The molecule has 2 aromatic rings. The van der Waals surface area contributed by atoms with Crippen LogP contribution >= 0.6 is 11.6 Å². The topological polar surface area (TPSA) is 42.4 Å². The molecule has 116 valence electrons. The Hall–Kier alpha value is -1.81. The largest absolute Gasteiger partial charge is 0.466 e. The molecule has 0 saturated carbocycles. The number of carbonyl (C=O) groups excluding carboxylic acids is 1. The molecule has 0 amide bonds. The van der Waals surface area contributed by atoms with Crippen LogP contribution in [0.4, 0.5) is 5.69 Å². The fraction of sp³-hybridized carbons (Fsp3) is 0.412. The molecule has 0 spiro atoms. The van der Waals surface area contributed by atoms with Gasteiger partial charge in [-0.1, -0.05) is 11.6 Å². The van der Waals surface area contributed by atoms with Gasteiger partial charge in [-0.05, 0) is 44.0 Å². The molecule has 2 heterocycles. The third-order valence-corrected chi connectivity index (χ3v) is 4.37. The molecule has 0 bridgehead atoms. The highest BCUT2D eigenvalue weighted by atomic mass is 35.5. The van der Waals surface area contributed by atoms with Crippen molar-refractivity contribution in [2.75, 3.05) is 24.6 Å². The first-order valence-electron chi connectivity index (χ1n) is 7.65. The molecular weight excluding hydrogens is 300 g/mol. The number of hydrogen-bond acceptors (Lipinski definition) is 4. The highest BCUT2D eigenvalue weighted by Gasteiger charge is 2.26. The van der Waals surface area contributed by atoms with Gasteiger partial charge in [0.1, 0.15) is 0 Å². The van der Waals surface area contributed by atoms with Crippen LogP contribution in [0.3, 0.4) is 0 Å². The lowest BCUT2D eigenvalue weighted by Gasteiger charge is -2.33. The maximum absolute atomic E-state index is 11.8. The van der Waals surface area contributed by atoms with Crippen LogP contribution in [0.25, 0.3) is 10.9 Å². The van der Waals surface area contributed by atoms with Gasteiger partial charge in [0, 0.05) is 35.4 Å². The smallest absolute Gasteiger partial charge is 0.309 e. The van der Waals surface area contributed by atoms with E-state index in [1.54, 1.807) is 0 Å². The van der Waals surface area contributed by atoms with Crippen LogP contribution in [-0.2, 0) is 9.53 Å². The summed E-state index contributed by atoms with van der Waals surface area (Å²) in [5, 5.41) is 1.79. The van der Waals surface area contributed by atoms with Crippen LogP contribution < -0.4 is 4.90 Å². The summed E-state index contributed by atoms with van der Waals surface area (Å²) in [5.74, 6) is -0.0349. The lowest BCUT2D eigenvalue weighted by atomic mass is 9.96. The maximum Gasteiger partial charge on any atom is 0.309 e. The van der Waals surface area contributed by atoms with E-state index in [4.69, 9.17) is 16.3 Å². The Morgan fingerprint density at radius 3 is 2.86 bits per heavy atom. The van der Waals surface area contributed by atoms with Crippen molar-refractivity contribution in [2.45, 2.75) is 19.8 Å². The van der Waals surface area contributed by atoms with Crippen molar-refractivity contribution in [3.05, 3.63) is 35.5 Å². The minimum atomic E-state index is -0.0616. The summed E-state index contributed by atoms with van der Waals surface area (Å²) in [6.07, 6.45) is 3.47. The summed E-state index contributed by atoms with van der Waals surface area (Å²) in [4.78, 5) is 18.5. The lowest BCUT2D eigenvalue weighted by Crippen LogP contribution is -2.37. The predicted molar refractivity (Wildman–Crippen MR) is 88.3 cm³/mol. The highest BCUT2D eigenvalue weighted by molar-refractivity contribution is 6.31. The first-order chi connectivity index (χ1) is 10.7. The number of halogens is 1. The van der Waals surface area contributed by atoms with Crippen LogP contribution in [0, 0.1) is 5.92 Å². The van der Waals surface area contributed by atoms with E-state index in [9.17, 15) is 4.79 Å². The van der Waals surface area contributed by atoms with E-state index in [0.717, 1.165) is 42.5 Å². The van der Waals surface area contributed by atoms with Crippen molar-refractivity contribution in [1.29, 1.82) is 0 Å². The number of aromatic nitrogens is 1. The van der Waals surface area contributed by atoms with Crippen molar-refractivity contribution < 1.29 is 9.53 Å². The van der Waals surface area contributed by atoms with Crippen LogP contribution in [0.2, 0.25) is 5.02 Å². The van der Waals surface area contributed by atoms with Crippen molar-refractivity contribution >= 4 is 34.2 Å². The van der Waals surface area contributed by atoms with Gasteiger partial charge in [0.15, 0.2) is 0 Å². The van der Waals surface area contributed by atoms with E-state index >= 15 is 0 Å². The average molecular weight is 319 g/mol. The van der Waals surface area contributed by atoms with Crippen LogP contribution in [0.1, 0.15) is 19.8 Å². The quantitative estimate of drug-likeness (QED) is 0.810. The number of benzene rings is 1. The second-order valence-corrected chi connectivity index (χ2v) is 5.94. The zero-order chi connectivity index (χ0) is 15.5. The van der Waals surface area contributed by atoms with Crippen molar-refractivity contribution in [1.82, 2.24) is 4.98 Å². The zero-order valence-electron chi connectivity index (χ0n) is 12.6. The number of ether oxygens (including phenoxy) is 1. The summed E-state index contributed by atoms with van der Waals surface area (Å²) >= 11 is 6.04. The van der Waals surface area contributed by atoms with E-state index in [1.165, 1.54) is 0 Å². The first kappa shape index (κ1) is 15.1. The van der Waals surface area contributed by atoms with Crippen molar-refractivity contribution in [3.63, 3.8) is 0 Å². The van der Waals surface area contributed by atoms with Gasteiger partial charge in [0.25, 0.3) is 0 Å². The van der Waals surface area contributed by atoms with Crippen molar-refractivity contribution in [2.24, 2.45) is 5.92 Å². The van der Waals surface area contributed by atoms with E-state index in [2.05, 4.69) is 9.88 Å². The van der Waals surface area contributed by atoms with Gasteiger partial charge in [0.2, 0.25) is 0 Å². The summed E-state index contributed by atoms with van der Waals surface area (Å²) in [7, 11) is 0. The van der Waals surface area contributed by atoms with E-state index in [0.29, 0.717) is 11.6 Å². The molecule has 22 heavy (non-hydrogen) atoms. The van der Waals surface area contributed by atoms with Crippen molar-refractivity contribution in [3.8, 4) is 0 Å². The third-order valence-electron chi connectivity index (χ3n) is 4.14. The molecular formula is C17H19ClN2O2. The van der Waals surface area contributed by atoms with Gasteiger partial charge in [-0.2, -0.15) is 0 Å². The van der Waals surface area contributed by atoms with Crippen LogP contribution in [0.15, 0.2) is 30.5 Å². The number of pyridine rings is 1. The number of nitrogens with zero attached hydrogens (tertiary/aromatic N) is 2. The Kier molecular flexibility index (Phi) is 4.48. The number of carbonyl (C=O) groups is 1. The minimum Gasteiger partial charge on any atom is -0.466 e. The van der Waals surface area contributed by atoms with E-state index in [-0.39, 0.29) is 11.9 Å². The van der Waals surface area contributed by atoms with Gasteiger partial charge in [-0.25, -0.2) is 0 Å². The highest BCUT2D eigenvalue weighted by Crippen LogP contribution is 2.30. The second kappa shape index (κ2) is 6.53. The Morgan fingerprint density at radius 1 is 1.36 bits per heavy atom. The Labute approximate surface area is 135 Å². The Balaban J connectivity index is 1.78. The molecule has 4 nitrogen and oxygen atoms in total. The fourth-order valence-corrected chi connectivity index (χ4v) is 3.16. The number of esters is 1. The van der Waals surface area contributed by atoms with Gasteiger partial charge in [0.05, 0.1) is 18.0 Å². The molecule has 0 N–H and O–H groups in total. The van der Waals surface area contributed by atoms with E-state index in [1.807, 2.05) is 37.4 Å². The molecule has 1 aliphatic rings. The zero-order valence-corrected chi connectivity index (χ0v) is 13.3. The first-order valence-corrected chi connectivity index (χ1v) is 8.02. The lowest BCUT2D eigenvalue weighted by molar-refractivity contribution is -0.148. The monoisotopic (exact) mass is 318 g/mol. The minimum absolute atomic E-state index is 0.0266. The second-order valence-electron chi connectivity index (χ2n) is 5.50. The maximum atomic E-state index is 11.8. The fourth-order valence-electron chi connectivity index (χ4n) is 3.00. The number of piperidine rings is 1. The molecule has 1 saturated heterocycles. The Bertz CT molecular complexity index is 681. The number of hydrogen-bond donors (Lipinski definition) is 0. The van der Waals surface area contributed by atoms with Gasteiger partial charge in [-0.3, -0.25) is 9.78 Å². The number of anilines is 1. The summed E-state index contributed by atoms with van der Waals surface area (Å²) < 4.78 is 5.12. The van der Waals surface area contributed by atoms with Crippen LogP contribution in [0.5, 0.6) is 0 Å².